The third-order valence-corrected chi connectivity index (χ3v) is 6.06. The van der Waals surface area contributed by atoms with Gasteiger partial charge in [-0.25, -0.2) is 19.7 Å². The number of amides is 1. The molecule has 1 amide bonds. The second-order valence-corrected chi connectivity index (χ2v) is 9.98. The van der Waals surface area contributed by atoms with Gasteiger partial charge in [-0.15, -0.1) is 0 Å². The molecule has 33 heavy (non-hydrogen) atoms. The van der Waals surface area contributed by atoms with E-state index in [1.807, 2.05) is 33.0 Å². The summed E-state index contributed by atoms with van der Waals surface area (Å²) in [6, 6.07) is 3.63. The van der Waals surface area contributed by atoms with E-state index in [1.165, 1.54) is 5.56 Å². The number of anilines is 1. The molecule has 172 valence electrons. The van der Waals surface area contributed by atoms with Crippen LogP contribution in [-0.4, -0.2) is 62.7 Å². The van der Waals surface area contributed by atoms with Crippen molar-refractivity contribution >= 4 is 34.4 Å². The number of carbonyl (C=O) groups excluding carboxylic acids is 1. The molecule has 8 nitrogen and oxygen atoms in total. The highest BCUT2D eigenvalue weighted by Crippen LogP contribution is 2.45. The minimum Gasteiger partial charge on any atom is -0.444 e. The maximum absolute atomic E-state index is 12.5. The molecule has 0 unspecified atom stereocenters. The van der Waals surface area contributed by atoms with Crippen LogP contribution in [-0.2, 0) is 4.74 Å². The Kier molecular flexibility index (Phi) is 5.56. The molecule has 9 heteroatoms. The van der Waals surface area contributed by atoms with E-state index in [0.717, 1.165) is 35.1 Å². The van der Waals surface area contributed by atoms with E-state index in [-0.39, 0.29) is 6.09 Å². The fraction of sp³-hybridized carbons (Fsp3) is 0.458. The van der Waals surface area contributed by atoms with Crippen molar-refractivity contribution < 1.29 is 9.53 Å². The Balaban J connectivity index is 1.51. The zero-order valence-electron chi connectivity index (χ0n) is 19.1. The van der Waals surface area contributed by atoms with Crippen LogP contribution in [0.1, 0.15) is 45.1 Å². The monoisotopic (exact) mass is 466 g/mol. The van der Waals surface area contributed by atoms with Crippen molar-refractivity contribution in [3.8, 4) is 11.4 Å². The third kappa shape index (κ3) is 4.71. The van der Waals surface area contributed by atoms with Gasteiger partial charge in [-0.3, -0.25) is 4.98 Å². The van der Waals surface area contributed by atoms with Crippen molar-refractivity contribution in [3.63, 3.8) is 0 Å². The van der Waals surface area contributed by atoms with Crippen molar-refractivity contribution in [1.29, 1.82) is 0 Å². The first-order chi connectivity index (χ1) is 15.8. The Bertz CT molecular complexity index is 1200. The molecule has 0 aromatic carbocycles. The number of nitrogens with zero attached hydrogens (tertiary/aromatic N) is 6. The van der Waals surface area contributed by atoms with E-state index in [4.69, 9.17) is 26.3 Å². The van der Waals surface area contributed by atoms with Crippen LogP contribution in [0.15, 0.2) is 30.7 Å². The van der Waals surface area contributed by atoms with Crippen LogP contribution in [0.3, 0.4) is 0 Å². The Morgan fingerprint density at radius 2 is 1.88 bits per heavy atom. The number of rotatable bonds is 3. The summed E-state index contributed by atoms with van der Waals surface area (Å²) in [6.45, 7) is 8.11. The SMILES string of the molecule is CC(C)(C)OC(=O)N1CCN(c2nc(-c3ccnc(Cl)c3)nc3cncc(C4CC4)c23)CC1. The number of halogens is 1. The predicted molar refractivity (Wildman–Crippen MR) is 128 cm³/mol. The van der Waals surface area contributed by atoms with Crippen molar-refractivity contribution in [1.82, 2.24) is 24.8 Å². The first-order valence-corrected chi connectivity index (χ1v) is 11.7. The highest BCUT2D eigenvalue weighted by molar-refractivity contribution is 6.29. The summed E-state index contributed by atoms with van der Waals surface area (Å²) in [5.74, 6) is 1.98. The van der Waals surface area contributed by atoms with E-state index in [9.17, 15) is 4.79 Å². The molecule has 0 N–H and O–H groups in total. The Morgan fingerprint density at radius 1 is 1.12 bits per heavy atom. The second-order valence-electron chi connectivity index (χ2n) is 9.59. The van der Waals surface area contributed by atoms with Crippen molar-refractivity contribution in [3.05, 3.63) is 41.4 Å². The van der Waals surface area contributed by atoms with Crippen LogP contribution in [0.4, 0.5) is 10.6 Å². The van der Waals surface area contributed by atoms with Gasteiger partial charge in [0.15, 0.2) is 5.82 Å². The van der Waals surface area contributed by atoms with Crippen LogP contribution >= 0.6 is 11.6 Å². The van der Waals surface area contributed by atoms with Crippen LogP contribution in [0.25, 0.3) is 22.3 Å². The molecular weight excluding hydrogens is 440 g/mol. The van der Waals surface area contributed by atoms with Gasteiger partial charge in [-0.1, -0.05) is 11.6 Å². The van der Waals surface area contributed by atoms with Gasteiger partial charge >= 0.3 is 6.09 Å². The zero-order valence-corrected chi connectivity index (χ0v) is 19.8. The van der Waals surface area contributed by atoms with Crippen molar-refractivity contribution in [2.24, 2.45) is 0 Å². The van der Waals surface area contributed by atoms with Gasteiger partial charge in [0.25, 0.3) is 0 Å². The summed E-state index contributed by atoms with van der Waals surface area (Å²) < 4.78 is 5.55. The molecule has 0 spiro atoms. The molecule has 1 saturated carbocycles. The molecule has 2 aliphatic rings. The quantitative estimate of drug-likeness (QED) is 0.518. The first-order valence-electron chi connectivity index (χ1n) is 11.3. The van der Waals surface area contributed by atoms with Gasteiger partial charge in [-0.2, -0.15) is 0 Å². The summed E-state index contributed by atoms with van der Waals surface area (Å²) in [5, 5.41) is 1.45. The number of ether oxygens (including phenoxy) is 1. The van der Waals surface area contributed by atoms with E-state index in [2.05, 4.69) is 14.9 Å². The number of hydrogen-bond donors (Lipinski definition) is 0. The average molecular weight is 467 g/mol. The molecule has 1 aliphatic carbocycles. The van der Waals surface area contributed by atoms with Crippen LogP contribution in [0, 0.1) is 0 Å². The number of fused-ring (bicyclic) bond motifs is 1. The zero-order chi connectivity index (χ0) is 23.2. The summed E-state index contributed by atoms with van der Waals surface area (Å²) in [7, 11) is 0. The van der Waals surface area contributed by atoms with E-state index in [0.29, 0.717) is 43.1 Å². The summed E-state index contributed by atoms with van der Waals surface area (Å²) in [6.07, 6.45) is 7.46. The summed E-state index contributed by atoms with van der Waals surface area (Å²) in [4.78, 5) is 34.9. The Morgan fingerprint density at radius 3 is 2.55 bits per heavy atom. The maximum Gasteiger partial charge on any atom is 0.410 e. The lowest BCUT2D eigenvalue weighted by molar-refractivity contribution is 0.0240. The maximum atomic E-state index is 12.5. The molecule has 2 fully saturated rings. The normalized spacial score (nSPS) is 16.8. The molecule has 5 rings (SSSR count). The minimum atomic E-state index is -0.510. The van der Waals surface area contributed by atoms with Crippen LogP contribution in [0.5, 0.6) is 0 Å². The van der Waals surface area contributed by atoms with Crippen molar-refractivity contribution in [2.45, 2.75) is 45.1 Å². The fourth-order valence-electron chi connectivity index (χ4n) is 4.12. The molecule has 1 aliphatic heterocycles. The standard InChI is InChI=1S/C24H27ClN6O2/c1-24(2,3)33-23(32)31-10-8-30(9-11-31)22-20-17(15-4-5-15)13-26-14-18(20)28-21(29-22)16-6-7-27-19(25)12-16/h6-7,12-15H,4-5,8-11H2,1-3H3. The first kappa shape index (κ1) is 21.8. The molecule has 0 bridgehead atoms. The molecule has 3 aromatic rings. The van der Waals surface area contributed by atoms with Gasteiger partial charge < -0.3 is 14.5 Å². The molecule has 1 saturated heterocycles. The lowest BCUT2D eigenvalue weighted by atomic mass is 10.1. The number of piperazine rings is 1. The Labute approximate surface area is 198 Å². The average Bonchev–Trinajstić information content (AvgIpc) is 3.62. The minimum absolute atomic E-state index is 0.273. The smallest absolute Gasteiger partial charge is 0.410 e. The van der Waals surface area contributed by atoms with E-state index in [1.54, 1.807) is 23.4 Å². The number of hydrogen-bond acceptors (Lipinski definition) is 7. The highest BCUT2D eigenvalue weighted by Gasteiger charge is 2.31. The largest absolute Gasteiger partial charge is 0.444 e. The number of aromatic nitrogens is 4. The summed E-state index contributed by atoms with van der Waals surface area (Å²) in [5.41, 5.74) is 2.32. The van der Waals surface area contributed by atoms with E-state index >= 15 is 0 Å². The molecule has 0 atom stereocenters. The number of carbonyl (C=O) groups is 1. The van der Waals surface area contributed by atoms with Crippen LogP contribution in [0.2, 0.25) is 5.15 Å². The fourth-order valence-corrected chi connectivity index (χ4v) is 4.29. The lowest BCUT2D eigenvalue weighted by Crippen LogP contribution is -2.50. The van der Waals surface area contributed by atoms with E-state index < -0.39 is 5.60 Å². The molecule has 0 radical (unpaired) electrons. The van der Waals surface area contributed by atoms with Gasteiger partial charge in [0.2, 0.25) is 0 Å². The number of pyridine rings is 2. The third-order valence-electron chi connectivity index (χ3n) is 5.85. The Hall–Kier alpha value is -3.00. The molecule has 4 heterocycles. The highest BCUT2D eigenvalue weighted by atomic mass is 35.5. The molecular formula is C24H27ClN6O2. The van der Waals surface area contributed by atoms with Gasteiger partial charge in [0.05, 0.1) is 11.7 Å². The molecule has 3 aromatic heterocycles. The van der Waals surface area contributed by atoms with Crippen molar-refractivity contribution in [2.75, 3.05) is 31.1 Å². The topological polar surface area (TPSA) is 84.3 Å². The lowest BCUT2D eigenvalue weighted by Gasteiger charge is -2.36. The summed E-state index contributed by atoms with van der Waals surface area (Å²) >= 11 is 6.13. The van der Waals surface area contributed by atoms with Gasteiger partial charge in [-0.05, 0) is 57.2 Å². The second kappa shape index (κ2) is 8.41. The predicted octanol–water partition coefficient (Wildman–Crippen LogP) is 4.67. The van der Waals surface area contributed by atoms with Gasteiger partial charge in [0, 0.05) is 49.5 Å². The van der Waals surface area contributed by atoms with Gasteiger partial charge in [0.1, 0.15) is 16.6 Å². The van der Waals surface area contributed by atoms with Crippen LogP contribution < -0.4 is 4.90 Å².